The molecule has 0 saturated heterocycles. The fourth-order valence-electron chi connectivity index (χ4n) is 13.8. The van der Waals surface area contributed by atoms with E-state index in [1.807, 2.05) is 0 Å². The maximum absolute atomic E-state index is 5.69. The third kappa shape index (κ3) is 3.68. The molecule has 4 heterocycles. The van der Waals surface area contributed by atoms with Gasteiger partial charge in [-0.1, -0.05) is 134 Å². The number of benzene rings is 5. The number of nitrogens with zero attached hydrogens (tertiary/aromatic N) is 4. The van der Waals surface area contributed by atoms with Crippen LogP contribution in [-0.4, -0.2) is 26.3 Å². The Morgan fingerprint density at radius 1 is 0.544 bits per heavy atom. The van der Waals surface area contributed by atoms with Gasteiger partial charge in [0, 0.05) is 21.6 Å². The van der Waals surface area contributed by atoms with Crippen LogP contribution in [0.3, 0.4) is 0 Å². The van der Waals surface area contributed by atoms with Gasteiger partial charge in [0.25, 0.3) is 6.71 Å². The van der Waals surface area contributed by atoms with E-state index in [1.54, 1.807) is 22.3 Å². The zero-order chi connectivity index (χ0) is 38.7. The lowest BCUT2D eigenvalue weighted by Crippen LogP contribution is -2.61. The molecule has 2 aromatic heterocycles. The van der Waals surface area contributed by atoms with Crippen molar-refractivity contribution in [1.29, 1.82) is 0 Å². The lowest BCUT2D eigenvalue weighted by Gasteiger charge is -2.39. The second-order valence-electron chi connectivity index (χ2n) is 20.9. The molecule has 4 aliphatic carbocycles. The van der Waals surface area contributed by atoms with Crippen molar-refractivity contribution in [3.05, 3.63) is 111 Å². The van der Waals surface area contributed by atoms with Gasteiger partial charge in [0.15, 0.2) is 0 Å². The van der Waals surface area contributed by atoms with Gasteiger partial charge in [0.1, 0.15) is 0 Å². The molecule has 2 fully saturated rings. The van der Waals surface area contributed by atoms with Crippen LogP contribution in [-0.2, 0) is 21.7 Å². The summed E-state index contributed by atoms with van der Waals surface area (Å²) in [7, 11) is 0. The van der Waals surface area contributed by atoms with E-state index in [4.69, 9.17) is 10.2 Å². The van der Waals surface area contributed by atoms with Crippen LogP contribution in [0.15, 0.2) is 66.7 Å². The average molecular weight is 743 g/mol. The van der Waals surface area contributed by atoms with E-state index in [-0.39, 0.29) is 28.4 Å². The third-order valence-electron chi connectivity index (χ3n) is 15.9. The molecule has 0 amide bonds. The zero-order valence-electron chi connectivity index (χ0n) is 34.9. The summed E-state index contributed by atoms with van der Waals surface area (Å²) in [5.74, 6) is 0. The van der Waals surface area contributed by atoms with Crippen molar-refractivity contribution in [1.82, 2.24) is 19.6 Å². The molecule has 0 unspecified atom stereocenters. The van der Waals surface area contributed by atoms with Crippen LogP contribution in [0.2, 0.25) is 0 Å². The quantitative estimate of drug-likeness (QED) is 0.145. The van der Waals surface area contributed by atoms with Gasteiger partial charge in [-0.15, -0.1) is 0 Å². The van der Waals surface area contributed by atoms with Gasteiger partial charge in [0.05, 0.1) is 33.8 Å². The first-order chi connectivity index (χ1) is 27.3. The van der Waals surface area contributed by atoms with Gasteiger partial charge in [-0.3, -0.25) is 0 Å². The van der Waals surface area contributed by atoms with Crippen molar-refractivity contribution in [2.45, 2.75) is 128 Å². The molecule has 5 aromatic carbocycles. The summed E-state index contributed by atoms with van der Waals surface area (Å²) in [5.41, 5.74) is 26.5. The van der Waals surface area contributed by atoms with Crippen LogP contribution in [0, 0.1) is 13.8 Å². The molecule has 6 aliphatic rings. The van der Waals surface area contributed by atoms with E-state index in [9.17, 15) is 0 Å². The highest BCUT2D eigenvalue weighted by atomic mass is 15.3. The molecular formula is C52H51BN4. The Balaban J connectivity index is 1.25. The van der Waals surface area contributed by atoms with Gasteiger partial charge in [-0.05, 0) is 122 Å². The van der Waals surface area contributed by atoms with Gasteiger partial charge in [-0.2, -0.15) is 10.2 Å². The van der Waals surface area contributed by atoms with Gasteiger partial charge in [0.2, 0.25) is 0 Å². The summed E-state index contributed by atoms with van der Waals surface area (Å²) in [6.45, 7) is 19.1. The van der Waals surface area contributed by atoms with Crippen molar-refractivity contribution in [2.24, 2.45) is 0 Å². The van der Waals surface area contributed by atoms with Crippen molar-refractivity contribution in [3.8, 4) is 33.6 Å². The number of hydrogen-bond donors (Lipinski definition) is 0. The molecule has 13 rings (SSSR count). The summed E-state index contributed by atoms with van der Waals surface area (Å²) >= 11 is 0. The number of aromatic nitrogens is 4. The molecule has 0 N–H and O–H groups in total. The Hall–Kier alpha value is -4.90. The van der Waals surface area contributed by atoms with E-state index in [0.29, 0.717) is 0 Å². The van der Waals surface area contributed by atoms with Crippen molar-refractivity contribution >= 4 is 44.9 Å². The largest absolute Gasteiger partial charge is 0.252 e. The summed E-state index contributed by atoms with van der Waals surface area (Å²) in [6, 6.07) is 26.7. The van der Waals surface area contributed by atoms with Gasteiger partial charge >= 0.3 is 0 Å². The van der Waals surface area contributed by atoms with E-state index < -0.39 is 0 Å². The second kappa shape index (κ2) is 10.2. The summed E-state index contributed by atoms with van der Waals surface area (Å²) in [6.07, 6.45) is 9.98. The molecule has 0 bridgehead atoms. The topological polar surface area (TPSA) is 35.6 Å². The molecule has 2 saturated carbocycles. The lowest BCUT2D eigenvalue weighted by atomic mass is 9.33. The number of fused-ring (bicyclic) bond motifs is 16. The highest BCUT2D eigenvalue weighted by Gasteiger charge is 2.53. The second-order valence-corrected chi connectivity index (χ2v) is 20.9. The highest BCUT2D eigenvalue weighted by Crippen LogP contribution is 2.61. The molecular weight excluding hydrogens is 691 g/mol. The average Bonchev–Trinajstić information content (AvgIpc) is 4.04. The van der Waals surface area contributed by atoms with Crippen molar-refractivity contribution in [2.75, 3.05) is 0 Å². The number of aryl methyl sites for hydroxylation is 2. The molecule has 2 aliphatic heterocycles. The van der Waals surface area contributed by atoms with Crippen molar-refractivity contribution < 1.29 is 0 Å². The first-order valence-electron chi connectivity index (χ1n) is 21.9. The Labute approximate surface area is 336 Å². The maximum atomic E-state index is 5.69. The third-order valence-corrected chi connectivity index (χ3v) is 15.9. The van der Waals surface area contributed by atoms with E-state index >= 15 is 0 Å². The standard InChI is InChI=1S/C52H51BN4/c1-28-40-42-32(30-17-9-11-19-34(30)51(42)21-13-14-22-51)25-38-47(40)56(54-28)45-36(49(3,4)5)27-37(50(6,7)8)46-44(45)53(38)39-26-33-31-18-10-12-20-35(31)52(23-15-16-24-52)43(33)41-29(2)55-57(46)48(39)41/h9-12,17-20,25-27H,13-16,21-24H2,1-8H3. The Kier molecular flexibility index (Phi) is 5.93. The summed E-state index contributed by atoms with van der Waals surface area (Å²) in [5, 5.41) is 14.2. The van der Waals surface area contributed by atoms with Crippen LogP contribution in [0.4, 0.5) is 0 Å². The van der Waals surface area contributed by atoms with Crippen molar-refractivity contribution in [3.63, 3.8) is 0 Å². The predicted molar refractivity (Wildman–Crippen MR) is 237 cm³/mol. The normalized spacial score (nSPS) is 18.6. The van der Waals surface area contributed by atoms with E-state index in [2.05, 4.69) is 131 Å². The first kappa shape index (κ1) is 33.1. The van der Waals surface area contributed by atoms with E-state index in [1.165, 1.54) is 146 Å². The molecule has 7 aromatic rings. The Morgan fingerprint density at radius 3 is 1.35 bits per heavy atom. The highest BCUT2D eigenvalue weighted by molar-refractivity contribution is 7.00. The lowest BCUT2D eigenvalue weighted by molar-refractivity contribution is 0.554. The smallest absolute Gasteiger partial charge is 0.233 e. The summed E-state index contributed by atoms with van der Waals surface area (Å²) < 4.78 is 4.87. The minimum atomic E-state index is -0.112. The van der Waals surface area contributed by atoms with Crippen LogP contribution in [0.5, 0.6) is 0 Å². The predicted octanol–water partition coefficient (Wildman–Crippen LogP) is 10.4. The molecule has 0 radical (unpaired) electrons. The van der Waals surface area contributed by atoms with E-state index in [0.717, 1.165) is 0 Å². The number of hydrogen-bond acceptors (Lipinski definition) is 2. The SMILES string of the molecule is Cc1nn2c3c(cc4c(c13)C1(CCCC1)c1ccccc1-4)B1c3c-2c(C(C)(C)C)cc(C(C)(C)C)c3-n2nc(C)c3c4c(cc1c32)-c1ccccc1C41CCCC1. The van der Waals surface area contributed by atoms with Crippen LogP contribution < -0.4 is 16.4 Å². The van der Waals surface area contributed by atoms with Crippen LogP contribution in [0.1, 0.15) is 138 Å². The first-order valence-corrected chi connectivity index (χ1v) is 21.9. The minimum Gasteiger partial charge on any atom is -0.233 e. The molecule has 0 atom stereocenters. The van der Waals surface area contributed by atoms with Gasteiger partial charge < -0.3 is 0 Å². The minimum absolute atomic E-state index is 0.0470. The molecule has 5 heteroatoms. The number of rotatable bonds is 0. The molecule has 2 spiro atoms. The maximum Gasteiger partial charge on any atom is 0.252 e. The molecule has 282 valence electrons. The fourth-order valence-corrected chi connectivity index (χ4v) is 13.8. The summed E-state index contributed by atoms with van der Waals surface area (Å²) in [4.78, 5) is 0. The fraction of sp³-hybridized carbons (Fsp3) is 0.385. The van der Waals surface area contributed by atoms with Gasteiger partial charge in [-0.25, -0.2) is 9.36 Å². The Morgan fingerprint density at radius 2 is 0.947 bits per heavy atom. The molecule has 57 heavy (non-hydrogen) atoms. The Bertz CT molecular complexity index is 2820. The van der Waals surface area contributed by atoms with Crippen LogP contribution >= 0.6 is 0 Å². The molecule has 4 nitrogen and oxygen atoms in total. The monoisotopic (exact) mass is 742 g/mol. The zero-order valence-corrected chi connectivity index (χ0v) is 34.9. The van der Waals surface area contributed by atoms with Crippen LogP contribution in [0.25, 0.3) is 55.4 Å².